The molecule has 2 aromatic rings. The summed E-state index contributed by atoms with van der Waals surface area (Å²) in [5.74, 6) is 0.952. The van der Waals surface area contributed by atoms with Crippen molar-refractivity contribution in [1.82, 2.24) is 5.32 Å². The van der Waals surface area contributed by atoms with Crippen LogP contribution in [0.5, 0.6) is 0 Å². The molecule has 2 rings (SSSR count). The Morgan fingerprint density at radius 3 is 2.65 bits per heavy atom. The molecule has 0 saturated heterocycles. The third-order valence-electron chi connectivity index (χ3n) is 3.69. The van der Waals surface area contributed by atoms with Crippen molar-refractivity contribution >= 4 is 17.3 Å². The van der Waals surface area contributed by atoms with E-state index in [0.29, 0.717) is 6.04 Å². The van der Waals surface area contributed by atoms with E-state index in [1.807, 2.05) is 33.2 Å². The number of rotatable bonds is 5. The predicted molar refractivity (Wildman–Crippen MR) is 84.5 cm³/mol. The highest BCUT2D eigenvalue weighted by Gasteiger charge is 2.11. The summed E-state index contributed by atoms with van der Waals surface area (Å²) >= 11 is 6.41. The fourth-order valence-corrected chi connectivity index (χ4v) is 2.52. The van der Waals surface area contributed by atoms with Crippen LogP contribution in [0.25, 0.3) is 0 Å². The molecule has 108 valence electrons. The number of hydrogen-bond donors (Lipinski definition) is 1. The molecule has 0 aliphatic rings. The number of anilines is 1. The maximum atomic E-state index is 6.41. The van der Waals surface area contributed by atoms with Crippen LogP contribution >= 0.6 is 11.6 Å². The number of nitrogens with zero attached hydrogens (tertiary/aromatic N) is 1. The van der Waals surface area contributed by atoms with E-state index in [9.17, 15) is 0 Å². The van der Waals surface area contributed by atoms with Gasteiger partial charge < -0.3 is 14.6 Å². The summed E-state index contributed by atoms with van der Waals surface area (Å²) in [6, 6.07) is 8.50. The molecule has 0 bridgehead atoms. The van der Waals surface area contributed by atoms with Gasteiger partial charge in [0.25, 0.3) is 0 Å². The molecule has 4 heteroatoms. The van der Waals surface area contributed by atoms with Gasteiger partial charge in [-0.05, 0) is 44.7 Å². The van der Waals surface area contributed by atoms with Crippen LogP contribution in [0.3, 0.4) is 0 Å². The van der Waals surface area contributed by atoms with Gasteiger partial charge in [0, 0.05) is 25.2 Å². The molecule has 0 aliphatic heterocycles. The van der Waals surface area contributed by atoms with Gasteiger partial charge in [-0.25, -0.2) is 0 Å². The van der Waals surface area contributed by atoms with E-state index in [1.54, 1.807) is 6.26 Å². The van der Waals surface area contributed by atoms with E-state index in [-0.39, 0.29) is 0 Å². The summed E-state index contributed by atoms with van der Waals surface area (Å²) < 4.78 is 5.33. The SMILES string of the molecule is CNC(C)c1ccc(N(C)Cc2ccoc2C)c(Cl)c1. The molecule has 0 amide bonds. The Balaban J connectivity index is 2.18. The number of nitrogens with one attached hydrogen (secondary N) is 1. The van der Waals surface area contributed by atoms with E-state index < -0.39 is 0 Å². The van der Waals surface area contributed by atoms with Gasteiger partial charge in [-0.3, -0.25) is 0 Å². The molecular formula is C16H21ClN2O. The monoisotopic (exact) mass is 292 g/mol. The number of hydrogen-bond acceptors (Lipinski definition) is 3. The van der Waals surface area contributed by atoms with Crippen LogP contribution in [0, 0.1) is 6.92 Å². The Kier molecular flexibility index (Phi) is 4.73. The van der Waals surface area contributed by atoms with Crippen molar-refractivity contribution < 1.29 is 4.42 Å². The topological polar surface area (TPSA) is 28.4 Å². The van der Waals surface area contributed by atoms with Gasteiger partial charge in [0.1, 0.15) is 5.76 Å². The Morgan fingerprint density at radius 2 is 2.10 bits per heavy atom. The van der Waals surface area contributed by atoms with Gasteiger partial charge in [-0.15, -0.1) is 0 Å². The number of benzene rings is 1. The average molecular weight is 293 g/mol. The van der Waals surface area contributed by atoms with Gasteiger partial charge >= 0.3 is 0 Å². The molecule has 0 spiro atoms. The van der Waals surface area contributed by atoms with E-state index >= 15 is 0 Å². The second-order valence-electron chi connectivity index (χ2n) is 5.08. The quantitative estimate of drug-likeness (QED) is 0.897. The highest BCUT2D eigenvalue weighted by Crippen LogP contribution is 2.29. The average Bonchev–Trinajstić information content (AvgIpc) is 2.83. The molecule has 0 fully saturated rings. The first-order chi connectivity index (χ1) is 9.52. The number of furan rings is 1. The van der Waals surface area contributed by atoms with Crippen molar-refractivity contribution in [3.8, 4) is 0 Å². The molecule has 0 saturated carbocycles. The maximum Gasteiger partial charge on any atom is 0.105 e. The lowest BCUT2D eigenvalue weighted by atomic mass is 10.1. The van der Waals surface area contributed by atoms with E-state index in [1.165, 1.54) is 11.1 Å². The minimum Gasteiger partial charge on any atom is -0.469 e. The van der Waals surface area contributed by atoms with Gasteiger partial charge in [-0.1, -0.05) is 17.7 Å². The zero-order valence-electron chi connectivity index (χ0n) is 12.4. The van der Waals surface area contributed by atoms with Gasteiger partial charge in [0.05, 0.1) is 17.0 Å². The molecule has 1 aromatic carbocycles. The van der Waals surface area contributed by atoms with Crippen LogP contribution in [0.1, 0.15) is 29.9 Å². The van der Waals surface area contributed by atoms with Crippen LogP contribution in [-0.4, -0.2) is 14.1 Å². The minimum absolute atomic E-state index is 0.294. The van der Waals surface area contributed by atoms with Crippen LogP contribution < -0.4 is 10.2 Å². The molecule has 1 atom stereocenters. The highest BCUT2D eigenvalue weighted by molar-refractivity contribution is 6.33. The van der Waals surface area contributed by atoms with Crippen LogP contribution in [0.4, 0.5) is 5.69 Å². The van der Waals surface area contributed by atoms with Crippen molar-refractivity contribution in [2.24, 2.45) is 0 Å². The van der Waals surface area contributed by atoms with Gasteiger partial charge in [0.15, 0.2) is 0 Å². The van der Waals surface area contributed by atoms with Crippen LogP contribution in [0.15, 0.2) is 34.9 Å². The lowest BCUT2D eigenvalue weighted by molar-refractivity contribution is 0.529. The molecule has 1 heterocycles. The van der Waals surface area contributed by atoms with Crippen LogP contribution in [-0.2, 0) is 6.54 Å². The highest BCUT2D eigenvalue weighted by atomic mass is 35.5. The molecule has 3 nitrogen and oxygen atoms in total. The fourth-order valence-electron chi connectivity index (χ4n) is 2.18. The summed E-state index contributed by atoms with van der Waals surface area (Å²) in [7, 11) is 3.98. The van der Waals surface area contributed by atoms with Gasteiger partial charge in [-0.2, -0.15) is 0 Å². The predicted octanol–water partition coefficient (Wildman–Crippen LogP) is 4.16. The molecular weight excluding hydrogens is 272 g/mol. The summed E-state index contributed by atoms with van der Waals surface area (Å²) in [5.41, 5.74) is 3.39. The Morgan fingerprint density at radius 1 is 1.35 bits per heavy atom. The van der Waals surface area contributed by atoms with E-state index in [2.05, 4.69) is 29.3 Å². The third kappa shape index (κ3) is 3.17. The second-order valence-corrected chi connectivity index (χ2v) is 5.49. The van der Waals surface area contributed by atoms with E-state index in [4.69, 9.17) is 16.0 Å². The lowest BCUT2D eigenvalue weighted by Gasteiger charge is -2.21. The summed E-state index contributed by atoms with van der Waals surface area (Å²) in [6.07, 6.45) is 1.72. The second kappa shape index (κ2) is 6.33. The minimum atomic E-state index is 0.294. The molecule has 1 unspecified atom stereocenters. The zero-order valence-corrected chi connectivity index (χ0v) is 13.2. The largest absolute Gasteiger partial charge is 0.469 e. The van der Waals surface area contributed by atoms with Gasteiger partial charge in [0.2, 0.25) is 0 Å². The number of aryl methyl sites for hydroxylation is 1. The Bertz CT molecular complexity index is 580. The van der Waals surface area contributed by atoms with Crippen molar-refractivity contribution in [2.75, 3.05) is 19.0 Å². The van der Waals surface area contributed by atoms with Crippen LogP contribution in [0.2, 0.25) is 5.02 Å². The fraction of sp³-hybridized carbons (Fsp3) is 0.375. The molecule has 0 radical (unpaired) electrons. The molecule has 1 N–H and O–H groups in total. The van der Waals surface area contributed by atoms with Crippen molar-refractivity contribution in [1.29, 1.82) is 0 Å². The van der Waals surface area contributed by atoms with Crippen molar-refractivity contribution in [2.45, 2.75) is 26.4 Å². The molecule has 1 aromatic heterocycles. The first-order valence-electron chi connectivity index (χ1n) is 6.73. The standard InChI is InChI=1S/C16H21ClN2O/c1-11(18-3)13-5-6-16(15(17)9-13)19(4)10-14-7-8-20-12(14)2/h5-9,11,18H,10H2,1-4H3. The smallest absolute Gasteiger partial charge is 0.105 e. The summed E-state index contributed by atoms with van der Waals surface area (Å²) in [4.78, 5) is 2.13. The van der Waals surface area contributed by atoms with Crippen molar-refractivity contribution in [3.05, 3.63) is 52.4 Å². The zero-order chi connectivity index (χ0) is 14.7. The van der Waals surface area contributed by atoms with E-state index in [0.717, 1.165) is 23.0 Å². The molecule has 0 aliphatic carbocycles. The number of halogens is 1. The first kappa shape index (κ1) is 14.9. The molecule has 20 heavy (non-hydrogen) atoms. The third-order valence-corrected chi connectivity index (χ3v) is 3.99. The summed E-state index contributed by atoms with van der Waals surface area (Å²) in [5, 5.41) is 3.99. The first-order valence-corrected chi connectivity index (χ1v) is 7.11. The lowest BCUT2D eigenvalue weighted by Crippen LogP contribution is -2.17. The maximum absolute atomic E-state index is 6.41. The Hall–Kier alpha value is -1.45. The summed E-state index contributed by atoms with van der Waals surface area (Å²) in [6.45, 7) is 4.87. The normalized spacial score (nSPS) is 12.4. The Labute approximate surface area is 125 Å². The van der Waals surface area contributed by atoms with Crippen molar-refractivity contribution in [3.63, 3.8) is 0 Å².